The number of aliphatic hydroxyl groups is 1. The summed E-state index contributed by atoms with van der Waals surface area (Å²) in [6.07, 6.45) is 8.09. The zero-order valence-electron chi connectivity index (χ0n) is 18.3. The molecule has 32 heavy (non-hydrogen) atoms. The average Bonchev–Trinajstić information content (AvgIpc) is 3.23. The van der Waals surface area contributed by atoms with Gasteiger partial charge in [0.15, 0.2) is 5.65 Å². The van der Waals surface area contributed by atoms with E-state index in [9.17, 15) is 14.3 Å². The fraction of sp³-hybridized carbons (Fsp3) is 0.500. The van der Waals surface area contributed by atoms with Gasteiger partial charge in [-0.2, -0.15) is 0 Å². The van der Waals surface area contributed by atoms with Gasteiger partial charge in [-0.25, -0.2) is 9.37 Å². The van der Waals surface area contributed by atoms with Crippen LogP contribution in [0.1, 0.15) is 37.7 Å². The van der Waals surface area contributed by atoms with E-state index in [4.69, 9.17) is 0 Å². The van der Waals surface area contributed by atoms with Crippen LogP contribution in [0.15, 0.2) is 41.6 Å². The first-order valence-corrected chi connectivity index (χ1v) is 11.5. The van der Waals surface area contributed by atoms with Crippen molar-refractivity contribution in [3.8, 4) is 5.69 Å². The van der Waals surface area contributed by atoms with Gasteiger partial charge in [0.1, 0.15) is 12.1 Å². The van der Waals surface area contributed by atoms with E-state index in [1.165, 1.54) is 23.4 Å². The Kier molecular flexibility index (Phi) is 5.84. The van der Waals surface area contributed by atoms with E-state index < -0.39 is 5.60 Å². The second-order valence-electron chi connectivity index (χ2n) is 9.19. The Morgan fingerprint density at radius 1 is 1.12 bits per heavy atom. The fourth-order valence-electron chi connectivity index (χ4n) is 4.93. The normalized spacial score (nSPS) is 19.4. The molecule has 2 aliphatic rings. The monoisotopic (exact) mass is 439 g/mol. The molecule has 0 amide bonds. The summed E-state index contributed by atoms with van der Waals surface area (Å²) in [5, 5.41) is 14.5. The van der Waals surface area contributed by atoms with Crippen molar-refractivity contribution in [2.24, 2.45) is 0 Å². The summed E-state index contributed by atoms with van der Waals surface area (Å²) >= 11 is 0. The van der Waals surface area contributed by atoms with Crippen LogP contribution in [0.25, 0.3) is 16.7 Å². The topological polar surface area (TPSA) is 75.3 Å². The molecule has 0 radical (unpaired) electrons. The predicted molar refractivity (Wildman–Crippen MR) is 121 cm³/mol. The molecule has 170 valence electrons. The summed E-state index contributed by atoms with van der Waals surface area (Å²) in [6, 6.07) is 6.82. The summed E-state index contributed by atoms with van der Waals surface area (Å²) in [6.45, 7) is 4.30. The Hall–Kier alpha value is -2.55. The van der Waals surface area contributed by atoms with Crippen molar-refractivity contribution >= 4 is 11.0 Å². The second-order valence-corrected chi connectivity index (χ2v) is 9.19. The first kappa shape index (κ1) is 21.3. The number of rotatable bonds is 5. The van der Waals surface area contributed by atoms with Crippen LogP contribution in [-0.4, -0.2) is 55.9 Å². The first-order chi connectivity index (χ1) is 15.5. The molecule has 0 bridgehead atoms. The maximum absolute atomic E-state index is 14.5. The lowest BCUT2D eigenvalue weighted by Gasteiger charge is -2.32. The molecule has 2 aromatic heterocycles. The van der Waals surface area contributed by atoms with Gasteiger partial charge in [-0.1, -0.05) is 6.42 Å². The van der Waals surface area contributed by atoms with Gasteiger partial charge in [0, 0.05) is 24.0 Å². The minimum Gasteiger partial charge on any atom is -0.388 e. The molecule has 0 aliphatic carbocycles. The van der Waals surface area contributed by atoms with Crippen LogP contribution in [0.5, 0.6) is 0 Å². The van der Waals surface area contributed by atoms with Gasteiger partial charge in [0.05, 0.1) is 17.5 Å². The third kappa shape index (κ3) is 4.22. The van der Waals surface area contributed by atoms with Crippen molar-refractivity contribution in [2.75, 3.05) is 26.2 Å². The van der Waals surface area contributed by atoms with E-state index in [0.29, 0.717) is 36.0 Å². The maximum Gasteiger partial charge on any atom is 0.262 e. The van der Waals surface area contributed by atoms with E-state index >= 15 is 0 Å². The highest BCUT2D eigenvalue weighted by Crippen LogP contribution is 2.23. The Balaban J connectivity index is 1.44. The lowest BCUT2D eigenvalue weighted by Crippen LogP contribution is -2.46. The Morgan fingerprint density at radius 3 is 2.69 bits per heavy atom. The molecule has 0 unspecified atom stereocenters. The van der Waals surface area contributed by atoms with Gasteiger partial charge >= 0.3 is 0 Å². The number of fused-ring (bicyclic) bond motifs is 1. The second kappa shape index (κ2) is 8.77. The summed E-state index contributed by atoms with van der Waals surface area (Å²) in [7, 11) is 0. The molecule has 0 saturated carbocycles. The minimum atomic E-state index is -0.896. The summed E-state index contributed by atoms with van der Waals surface area (Å²) in [5.41, 5.74) is 0.922. The molecule has 7 nitrogen and oxygen atoms in total. The van der Waals surface area contributed by atoms with Gasteiger partial charge in [-0.05, 0) is 76.1 Å². The highest BCUT2D eigenvalue weighted by Gasteiger charge is 2.30. The number of piperidine rings is 2. The molecule has 2 fully saturated rings. The summed E-state index contributed by atoms with van der Waals surface area (Å²) in [5.74, 6) is -0.207. The first-order valence-electron chi connectivity index (χ1n) is 11.5. The van der Waals surface area contributed by atoms with Crippen LogP contribution in [0.4, 0.5) is 4.39 Å². The molecule has 0 spiro atoms. The quantitative estimate of drug-likeness (QED) is 0.639. The van der Waals surface area contributed by atoms with Crippen LogP contribution in [0.3, 0.4) is 0 Å². The molecule has 0 atom stereocenters. The maximum atomic E-state index is 14.5. The molecule has 3 aromatic rings. The SMILES string of the molecule is O=c1c2ccn(-c3ccc(F)c(CN4CCCCC4)c3)c2ncn1CC1(O)CCNCC1. The highest BCUT2D eigenvalue weighted by molar-refractivity contribution is 5.77. The highest BCUT2D eigenvalue weighted by atomic mass is 19.1. The van der Waals surface area contributed by atoms with E-state index in [-0.39, 0.29) is 17.9 Å². The smallest absolute Gasteiger partial charge is 0.262 e. The van der Waals surface area contributed by atoms with Crippen molar-refractivity contribution < 1.29 is 9.50 Å². The average molecular weight is 440 g/mol. The molecule has 5 rings (SSSR count). The number of halogens is 1. The van der Waals surface area contributed by atoms with Gasteiger partial charge in [0.2, 0.25) is 0 Å². The van der Waals surface area contributed by atoms with Crippen LogP contribution < -0.4 is 10.9 Å². The fourth-order valence-corrected chi connectivity index (χ4v) is 4.93. The van der Waals surface area contributed by atoms with Gasteiger partial charge in [-0.15, -0.1) is 0 Å². The number of aromatic nitrogens is 3. The number of nitrogens with zero attached hydrogens (tertiary/aromatic N) is 4. The number of hydrogen-bond donors (Lipinski definition) is 2. The van der Waals surface area contributed by atoms with Crippen molar-refractivity contribution in [1.82, 2.24) is 24.3 Å². The molecule has 8 heteroatoms. The van der Waals surface area contributed by atoms with Gasteiger partial charge in [-0.3, -0.25) is 14.3 Å². The summed E-state index contributed by atoms with van der Waals surface area (Å²) in [4.78, 5) is 19.9. The lowest BCUT2D eigenvalue weighted by molar-refractivity contribution is -0.00628. The van der Waals surface area contributed by atoms with E-state index in [0.717, 1.165) is 44.7 Å². The molecule has 4 heterocycles. The molecule has 1 aromatic carbocycles. The lowest BCUT2D eigenvalue weighted by atomic mass is 9.92. The molecule has 2 saturated heterocycles. The third-order valence-corrected chi connectivity index (χ3v) is 6.82. The molecule has 2 N–H and O–H groups in total. The van der Waals surface area contributed by atoms with Crippen molar-refractivity contribution in [2.45, 2.75) is 50.8 Å². The number of benzene rings is 1. The van der Waals surface area contributed by atoms with E-state index in [1.807, 2.05) is 10.6 Å². The standard InChI is InChI=1S/C24H30FN5O2/c25-21-5-4-19(14-18(21)15-28-11-2-1-3-12-28)30-13-6-20-22(30)27-17-29(23(20)31)16-24(32)7-9-26-10-8-24/h4-6,13-14,17,26,32H,1-3,7-12,15-16H2. The predicted octanol–water partition coefficient (Wildman–Crippen LogP) is 2.43. The van der Waals surface area contributed by atoms with Crippen LogP contribution >= 0.6 is 0 Å². The largest absolute Gasteiger partial charge is 0.388 e. The van der Waals surface area contributed by atoms with Crippen molar-refractivity contribution in [3.63, 3.8) is 0 Å². The molecular weight excluding hydrogens is 409 g/mol. The Bertz CT molecular complexity index is 1160. The minimum absolute atomic E-state index is 0.170. The van der Waals surface area contributed by atoms with E-state index in [1.54, 1.807) is 18.3 Å². The number of likely N-dealkylation sites (tertiary alicyclic amines) is 1. The number of nitrogens with one attached hydrogen (secondary N) is 1. The Labute approximate surface area is 186 Å². The van der Waals surface area contributed by atoms with Crippen LogP contribution in [-0.2, 0) is 13.1 Å². The zero-order valence-corrected chi connectivity index (χ0v) is 18.3. The summed E-state index contributed by atoms with van der Waals surface area (Å²) < 4.78 is 17.9. The third-order valence-electron chi connectivity index (χ3n) is 6.82. The van der Waals surface area contributed by atoms with Crippen molar-refractivity contribution in [3.05, 3.63) is 58.5 Å². The Morgan fingerprint density at radius 2 is 1.91 bits per heavy atom. The zero-order chi connectivity index (χ0) is 22.1. The van der Waals surface area contributed by atoms with E-state index in [2.05, 4.69) is 15.2 Å². The number of hydrogen-bond acceptors (Lipinski definition) is 5. The molecular formula is C24H30FN5O2. The van der Waals surface area contributed by atoms with Crippen molar-refractivity contribution in [1.29, 1.82) is 0 Å². The van der Waals surface area contributed by atoms with Crippen LogP contribution in [0, 0.1) is 5.82 Å². The molecule has 2 aliphatic heterocycles. The van der Waals surface area contributed by atoms with Crippen LogP contribution in [0.2, 0.25) is 0 Å². The van der Waals surface area contributed by atoms with Gasteiger partial charge in [0.25, 0.3) is 5.56 Å². The van der Waals surface area contributed by atoms with Gasteiger partial charge < -0.3 is 15.0 Å².